The lowest BCUT2D eigenvalue weighted by Gasteiger charge is -2.33. The van der Waals surface area contributed by atoms with Crippen molar-refractivity contribution in [1.82, 2.24) is 20.0 Å². The van der Waals surface area contributed by atoms with Crippen LogP contribution in [0.1, 0.15) is 63.0 Å². The number of carbonyl (C=O) groups is 3. The molecule has 0 saturated carbocycles. The van der Waals surface area contributed by atoms with Gasteiger partial charge in [-0.3, -0.25) is 24.3 Å². The molecule has 260 valence electrons. The zero-order valence-electron chi connectivity index (χ0n) is 28.7. The smallest absolute Gasteiger partial charge is 0.338 e. The molecule has 1 fully saturated rings. The summed E-state index contributed by atoms with van der Waals surface area (Å²) in [7, 11) is 0. The average Bonchev–Trinajstić information content (AvgIpc) is 2.95. The molecule has 0 unspecified atom stereocenters. The molecule has 0 spiro atoms. The standard InChI is InChI=1S/C35H52N4O8/c1-34(2,3)46-29-20-27(33(44)45-25-26-10-8-7-9-11-26)21-30(47-35(4,5)6)28(29)22-39-18-16-37(23-31(40)41)14-12-36-13-15-38(17-19-39)24-32(42)43/h7-11,20-21,36H,12-19,22-25H2,1-6H3,(H,40,41)(H,42,43). The minimum absolute atomic E-state index is 0.0861. The first kappa shape index (κ1) is 37.7. The van der Waals surface area contributed by atoms with Crippen molar-refractivity contribution in [2.45, 2.75) is 65.9 Å². The molecule has 0 aliphatic carbocycles. The molecule has 3 N–H and O–H groups in total. The molecule has 1 saturated heterocycles. The number of aliphatic carboxylic acids is 2. The second-order valence-electron chi connectivity index (χ2n) is 13.8. The fourth-order valence-corrected chi connectivity index (χ4v) is 5.12. The third-order valence-electron chi connectivity index (χ3n) is 7.22. The van der Waals surface area contributed by atoms with Gasteiger partial charge in [0.05, 0.1) is 24.2 Å². The number of benzene rings is 2. The van der Waals surface area contributed by atoms with Crippen LogP contribution in [0.15, 0.2) is 42.5 Å². The highest BCUT2D eigenvalue weighted by atomic mass is 16.5. The van der Waals surface area contributed by atoms with E-state index in [4.69, 9.17) is 14.2 Å². The summed E-state index contributed by atoms with van der Waals surface area (Å²) in [5, 5.41) is 22.4. The lowest BCUT2D eigenvalue weighted by atomic mass is 10.1. The molecular weight excluding hydrogens is 604 g/mol. The molecule has 1 aliphatic rings. The molecule has 0 atom stereocenters. The van der Waals surface area contributed by atoms with Crippen molar-refractivity contribution in [1.29, 1.82) is 0 Å². The van der Waals surface area contributed by atoms with Gasteiger partial charge in [-0.05, 0) is 59.2 Å². The zero-order valence-corrected chi connectivity index (χ0v) is 28.7. The summed E-state index contributed by atoms with van der Waals surface area (Å²) < 4.78 is 18.6. The van der Waals surface area contributed by atoms with Crippen molar-refractivity contribution in [3.8, 4) is 11.5 Å². The van der Waals surface area contributed by atoms with Crippen molar-refractivity contribution < 1.29 is 38.8 Å². The van der Waals surface area contributed by atoms with Gasteiger partial charge in [0.1, 0.15) is 29.3 Å². The molecule has 0 radical (unpaired) electrons. The molecule has 3 rings (SSSR count). The first-order valence-corrected chi connectivity index (χ1v) is 16.2. The van der Waals surface area contributed by atoms with E-state index in [2.05, 4.69) is 10.2 Å². The fraction of sp³-hybridized carbons (Fsp3) is 0.571. The monoisotopic (exact) mass is 656 g/mol. The van der Waals surface area contributed by atoms with Gasteiger partial charge in [0, 0.05) is 58.9 Å². The van der Waals surface area contributed by atoms with Gasteiger partial charge in [0.2, 0.25) is 0 Å². The molecule has 2 aromatic carbocycles. The summed E-state index contributed by atoms with van der Waals surface area (Å²) in [6.45, 7) is 16.1. The van der Waals surface area contributed by atoms with Gasteiger partial charge in [-0.25, -0.2) is 4.79 Å². The zero-order chi connectivity index (χ0) is 34.6. The summed E-state index contributed by atoms with van der Waals surface area (Å²) in [6.07, 6.45) is 0. The Morgan fingerprint density at radius 2 is 1.19 bits per heavy atom. The predicted molar refractivity (Wildman–Crippen MR) is 179 cm³/mol. The Hall–Kier alpha value is -3.71. The number of rotatable bonds is 11. The van der Waals surface area contributed by atoms with E-state index in [0.717, 1.165) is 11.1 Å². The molecule has 0 amide bonds. The normalized spacial score (nSPS) is 16.5. The molecule has 1 aliphatic heterocycles. The number of hydrogen-bond donors (Lipinski definition) is 3. The van der Waals surface area contributed by atoms with Crippen molar-refractivity contribution >= 4 is 17.9 Å². The van der Waals surface area contributed by atoms with Crippen LogP contribution in [0.4, 0.5) is 0 Å². The van der Waals surface area contributed by atoms with Crippen molar-refractivity contribution in [2.75, 3.05) is 65.4 Å². The van der Waals surface area contributed by atoms with Crippen LogP contribution < -0.4 is 14.8 Å². The van der Waals surface area contributed by atoms with Crippen LogP contribution in [0, 0.1) is 0 Å². The van der Waals surface area contributed by atoms with Gasteiger partial charge in [-0.1, -0.05) is 30.3 Å². The van der Waals surface area contributed by atoms with E-state index >= 15 is 0 Å². The lowest BCUT2D eigenvalue weighted by Crippen LogP contribution is -2.46. The second-order valence-corrected chi connectivity index (χ2v) is 13.8. The van der Waals surface area contributed by atoms with Crippen LogP contribution in [0.3, 0.4) is 0 Å². The predicted octanol–water partition coefficient (Wildman–Crippen LogP) is 3.58. The number of carboxylic acids is 2. The Kier molecular flexibility index (Phi) is 14.0. The van der Waals surface area contributed by atoms with Gasteiger partial charge in [0.25, 0.3) is 0 Å². The Morgan fingerprint density at radius 1 is 0.723 bits per heavy atom. The molecular formula is C35H52N4O8. The van der Waals surface area contributed by atoms with Crippen LogP contribution in [0.25, 0.3) is 0 Å². The maximum atomic E-state index is 13.4. The maximum Gasteiger partial charge on any atom is 0.338 e. The van der Waals surface area contributed by atoms with Crippen LogP contribution in [-0.2, 0) is 27.5 Å². The highest BCUT2D eigenvalue weighted by Gasteiger charge is 2.27. The van der Waals surface area contributed by atoms with Crippen molar-refractivity contribution in [3.63, 3.8) is 0 Å². The van der Waals surface area contributed by atoms with Gasteiger partial charge in [-0.15, -0.1) is 0 Å². The highest BCUT2D eigenvalue weighted by Crippen LogP contribution is 2.36. The van der Waals surface area contributed by atoms with Crippen LogP contribution in [-0.4, -0.2) is 119 Å². The molecule has 47 heavy (non-hydrogen) atoms. The first-order valence-electron chi connectivity index (χ1n) is 16.2. The number of nitrogens with zero attached hydrogens (tertiary/aromatic N) is 3. The molecule has 2 aromatic rings. The second kappa shape index (κ2) is 17.4. The Balaban J connectivity index is 2.01. The molecule has 0 aromatic heterocycles. The number of ether oxygens (including phenoxy) is 3. The number of carboxylic acid groups (broad SMARTS) is 2. The van der Waals surface area contributed by atoms with E-state index in [0.29, 0.717) is 76.0 Å². The maximum absolute atomic E-state index is 13.4. The highest BCUT2D eigenvalue weighted by molar-refractivity contribution is 5.91. The van der Waals surface area contributed by atoms with E-state index in [1.165, 1.54) is 0 Å². The summed E-state index contributed by atoms with van der Waals surface area (Å²) in [6, 6.07) is 12.8. The fourth-order valence-electron chi connectivity index (χ4n) is 5.12. The van der Waals surface area contributed by atoms with Gasteiger partial charge in [-0.2, -0.15) is 0 Å². The minimum atomic E-state index is -0.896. The SMILES string of the molecule is CC(C)(C)Oc1cc(C(=O)OCc2ccccc2)cc(OC(C)(C)C)c1CN1CCN(CC(=O)O)CCNCCN(CC(=O)O)CC1. The quantitative estimate of drug-likeness (QED) is 0.305. The van der Waals surface area contributed by atoms with Gasteiger partial charge in [0.15, 0.2) is 0 Å². The van der Waals surface area contributed by atoms with Gasteiger partial charge < -0.3 is 29.7 Å². The van der Waals surface area contributed by atoms with Crippen molar-refractivity contribution in [3.05, 3.63) is 59.2 Å². The minimum Gasteiger partial charge on any atom is -0.488 e. The summed E-state index contributed by atoms with van der Waals surface area (Å²) in [4.78, 5) is 42.5. The van der Waals surface area contributed by atoms with Gasteiger partial charge >= 0.3 is 17.9 Å². The van der Waals surface area contributed by atoms with Crippen molar-refractivity contribution in [2.24, 2.45) is 0 Å². The lowest BCUT2D eigenvalue weighted by molar-refractivity contribution is -0.139. The Bertz CT molecular complexity index is 1260. The number of esters is 1. The molecule has 1 heterocycles. The van der Waals surface area contributed by atoms with Crippen LogP contribution in [0.5, 0.6) is 11.5 Å². The number of nitrogens with one attached hydrogen (secondary N) is 1. The summed E-state index contributed by atoms with van der Waals surface area (Å²) in [5.41, 5.74) is 0.689. The van der Waals surface area contributed by atoms with E-state index < -0.39 is 29.1 Å². The van der Waals surface area contributed by atoms with Crippen LogP contribution >= 0.6 is 0 Å². The first-order chi connectivity index (χ1) is 22.1. The molecule has 12 heteroatoms. The average molecular weight is 657 g/mol. The van der Waals surface area contributed by atoms with E-state index in [-0.39, 0.29) is 19.7 Å². The largest absolute Gasteiger partial charge is 0.488 e. The summed E-state index contributed by atoms with van der Waals surface area (Å²) in [5.74, 6) is -1.34. The topological polar surface area (TPSA) is 141 Å². The summed E-state index contributed by atoms with van der Waals surface area (Å²) >= 11 is 0. The Morgan fingerprint density at radius 3 is 1.64 bits per heavy atom. The number of hydrogen-bond acceptors (Lipinski definition) is 10. The van der Waals surface area contributed by atoms with Crippen LogP contribution in [0.2, 0.25) is 0 Å². The van der Waals surface area contributed by atoms with E-state index in [9.17, 15) is 24.6 Å². The van der Waals surface area contributed by atoms with E-state index in [1.807, 2.05) is 81.7 Å². The third kappa shape index (κ3) is 14.3. The number of carbonyl (C=O) groups excluding carboxylic acids is 1. The third-order valence-corrected chi connectivity index (χ3v) is 7.22. The Labute approximate surface area is 278 Å². The molecule has 0 bridgehead atoms. The van der Waals surface area contributed by atoms with E-state index in [1.54, 1.807) is 12.1 Å². The molecule has 12 nitrogen and oxygen atoms in total.